The molecule has 0 aliphatic heterocycles. The zero-order chi connectivity index (χ0) is 28.3. The van der Waals surface area contributed by atoms with Gasteiger partial charge in [-0.3, -0.25) is 14.7 Å². The number of ether oxygens (including phenoxy) is 1. The van der Waals surface area contributed by atoms with E-state index in [0.717, 1.165) is 64.6 Å². The summed E-state index contributed by atoms with van der Waals surface area (Å²) in [7, 11) is 1.66. The number of nitrogens with one attached hydrogen (secondary N) is 1. The second kappa shape index (κ2) is 11.6. The number of aryl methyl sites for hydroxylation is 2. The largest absolute Gasteiger partial charge is 0.497 e. The van der Waals surface area contributed by atoms with Crippen LogP contribution in [0.1, 0.15) is 71.4 Å². The molecule has 41 heavy (non-hydrogen) atoms. The number of tetrazole rings is 1. The minimum absolute atomic E-state index is 0.138. The van der Waals surface area contributed by atoms with Crippen molar-refractivity contribution in [2.75, 3.05) is 7.11 Å². The Bertz CT molecular complexity index is 1690. The molecule has 3 heterocycles. The summed E-state index contributed by atoms with van der Waals surface area (Å²) in [4.78, 5) is 23.8. The normalized spacial score (nSPS) is 14.6. The van der Waals surface area contributed by atoms with Gasteiger partial charge in [-0.1, -0.05) is 42.7 Å². The summed E-state index contributed by atoms with van der Waals surface area (Å²) in [6, 6.07) is 18.0. The molecule has 9 heteroatoms. The van der Waals surface area contributed by atoms with E-state index in [2.05, 4.69) is 67.6 Å². The smallest absolute Gasteiger partial charge is 0.253 e. The minimum atomic E-state index is -0.498. The molecular weight excluding hydrogens is 514 g/mol. The molecule has 1 saturated carbocycles. The number of rotatable bonds is 9. The highest BCUT2D eigenvalue weighted by atomic mass is 16.5. The number of fused-ring (bicyclic) bond motifs is 1. The maximum absolute atomic E-state index is 13.9. The first kappa shape index (κ1) is 26.8. The number of H-pyrrole nitrogens is 1. The molecule has 5 aromatic rings. The number of aromatic nitrogens is 6. The van der Waals surface area contributed by atoms with Crippen LogP contribution in [0.15, 0.2) is 71.8 Å². The number of hydrogen-bond acceptors (Lipinski definition) is 7. The van der Waals surface area contributed by atoms with Gasteiger partial charge in [0.1, 0.15) is 11.8 Å². The fourth-order valence-electron chi connectivity index (χ4n) is 6.13. The number of hydrogen-bond donors (Lipinski definition) is 1. The Kier molecular flexibility index (Phi) is 7.61. The van der Waals surface area contributed by atoms with E-state index in [9.17, 15) is 4.79 Å². The van der Waals surface area contributed by atoms with Crippen molar-refractivity contribution in [2.45, 2.75) is 64.7 Å². The van der Waals surface area contributed by atoms with E-state index in [1.807, 2.05) is 42.1 Å². The van der Waals surface area contributed by atoms with Crippen molar-refractivity contribution in [1.82, 2.24) is 35.1 Å². The van der Waals surface area contributed by atoms with Crippen LogP contribution in [0.5, 0.6) is 5.75 Å². The SMILES string of the molecule is COc1ccc(CN(Cc2cccnc2)[C@H](c2cc3cc(C)cc(C)c3[nH]c2=O)c2nnnn2C2CCCC2)cc1. The first-order chi connectivity index (χ1) is 20.0. The second-order valence-corrected chi connectivity index (χ2v) is 11.0. The molecule has 0 saturated heterocycles. The summed E-state index contributed by atoms with van der Waals surface area (Å²) in [5.74, 6) is 1.48. The summed E-state index contributed by atoms with van der Waals surface area (Å²) >= 11 is 0. The highest BCUT2D eigenvalue weighted by molar-refractivity contribution is 5.83. The van der Waals surface area contributed by atoms with E-state index in [1.54, 1.807) is 13.3 Å². The van der Waals surface area contributed by atoms with E-state index in [4.69, 9.17) is 4.74 Å². The molecule has 0 radical (unpaired) electrons. The molecule has 0 unspecified atom stereocenters. The van der Waals surface area contributed by atoms with Crippen LogP contribution in [0.4, 0.5) is 0 Å². The zero-order valence-electron chi connectivity index (χ0n) is 23.7. The van der Waals surface area contributed by atoms with Gasteiger partial charge in [0.05, 0.1) is 18.7 Å². The lowest BCUT2D eigenvalue weighted by molar-refractivity contribution is 0.190. The molecule has 1 aliphatic carbocycles. The third kappa shape index (κ3) is 5.63. The number of aromatic amines is 1. The van der Waals surface area contributed by atoms with Gasteiger partial charge in [0, 0.05) is 31.0 Å². The summed E-state index contributed by atoms with van der Waals surface area (Å²) in [6.07, 6.45) is 7.99. The van der Waals surface area contributed by atoms with Gasteiger partial charge in [-0.15, -0.1) is 5.10 Å². The lowest BCUT2D eigenvalue weighted by Gasteiger charge is -2.32. The van der Waals surface area contributed by atoms with E-state index in [1.165, 1.54) is 0 Å². The van der Waals surface area contributed by atoms with Gasteiger partial charge in [0.2, 0.25) is 0 Å². The van der Waals surface area contributed by atoms with Gasteiger partial charge in [0.25, 0.3) is 5.56 Å². The van der Waals surface area contributed by atoms with Crippen molar-refractivity contribution in [2.24, 2.45) is 0 Å². The molecular formula is C32H35N7O2. The van der Waals surface area contributed by atoms with Crippen molar-refractivity contribution in [3.05, 3.63) is 111 Å². The Morgan fingerprint density at radius 1 is 1.05 bits per heavy atom. The van der Waals surface area contributed by atoms with Gasteiger partial charge in [-0.2, -0.15) is 0 Å². The first-order valence-corrected chi connectivity index (χ1v) is 14.2. The Labute approximate surface area is 239 Å². The van der Waals surface area contributed by atoms with Gasteiger partial charge in [-0.25, -0.2) is 4.68 Å². The highest BCUT2D eigenvalue weighted by Crippen LogP contribution is 2.35. The molecule has 6 rings (SSSR count). The van der Waals surface area contributed by atoms with Crippen LogP contribution in [0.2, 0.25) is 0 Å². The molecule has 3 aromatic heterocycles. The lowest BCUT2D eigenvalue weighted by Crippen LogP contribution is -2.35. The van der Waals surface area contributed by atoms with Gasteiger partial charge in [0.15, 0.2) is 5.82 Å². The molecule has 0 amide bonds. The van der Waals surface area contributed by atoms with Crippen molar-refractivity contribution in [3.8, 4) is 5.75 Å². The topological polar surface area (TPSA) is 102 Å². The van der Waals surface area contributed by atoms with Gasteiger partial charge >= 0.3 is 0 Å². The summed E-state index contributed by atoms with van der Waals surface area (Å²) in [5, 5.41) is 14.2. The lowest BCUT2D eigenvalue weighted by atomic mass is 9.99. The van der Waals surface area contributed by atoms with Crippen LogP contribution < -0.4 is 10.3 Å². The summed E-state index contributed by atoms with van der Waals surface area (Å²) < 4.78 is 7.36. The monoisotopic (exact) mass is 549 g/mol. The van der Waals surface area contributed by atoms with Gasteiger partial charge in [-0.05, 0) is 89.5 Å². The van der Waals surface area contributed by atoms with E-state index >= 15 is 0 Å². The Hall–Kier alpha value is -4.37. The fourth-order valence-corrected chi connectivity index (χ4v) is 6.13. The number of pyridine rings is 2. The first-order valence-electron chi connectivity index (χ1n) is 14.2. The molecule has 1 N–H and O–H groups in total. The second-order valence-electron chi connectivity index (χ2n) is 11.0. The van der Waals surface area contributed by atoms with E-state index in [-0.39, 0.29) is 11.6 Å². The molecule has 0 spiro atoms. The molecule has 210 valence electrons. The molecule has 1 atom stereocenters. The molecule has 0 bridgehead atoms. The van der Waals surface area contributed by atoms with Crippen LogP contribution in [0, 0.1) is 13.8 Å². The standard InChI is InChI=1S/C32H35N7O2/c1-21-15-22(2)29-25(16-21)17-28(32(40)34-29)30(31-35-36-37-39(31)26-8-4-5-9-26)38(20-24-7-6-14-33-18-24)19-23-10-12-27(41-3)13-11-23/h6-7,10-18,26,30H,4-5,8-9,19-20H2,1-3H3,(H,34,40)/t30-/m1/s1. The van der Waals surface area contributed by atoms with Crippen molar-refractivity contribution >= 4 is 10.9 Å². The van der Waals surface area contributed by atoms with Crippen LogP contribution in [-0.2, 0) is 13.1 Å². The van der Waals surface area contributed by atoms with Crippen LogP contribution >= 0.6 is 0 Å². The van der Waals surface area contributed by atoms with Crippen molar-refractivity contribution in [3.63, 3.8) is 0 Å². The van der Waals surface area contributed by atoms with Crippen molar-refractivity contribution < 1.29 is 4.74 Å². The van der Waals surface area contributed by atoms with Crippen LogP contribution in [0.3, 0.4) is 0 Å². The minimum Gasteiger partial charge on any atom is -0.497 e. The number of nitrogens with zero attached hydrogens (tertiary/aromatic N) is 6. The molecule has 9 nitrogen and oxygen atoms in total. The third-order valence-electron chi connectivity index (χ3n) is 8.07. The molecule has 1 fully saturated rings. The number of benzene rings is 2. The Balaban J connectivity index is 1.54. The van der Waals surface area contributed by atoms with E-state index in [0.29, 0.717) is 24.5 Å². The Morgan fingerprint density at radius 2 is 1.83 bits per heavy atom. The molecule has 1 aliphatic rings. The zero-order valence-corrected chi connectivity index (χ0v) is 23.7. The Morgan fingerprint density at radius 3 is 2.56 bits per heavy atom. The van der Waals surface area contributed by atoms with Crippen molar-refractivity contribution in [1.29, 1.82) is 0 Å². The summed E-state index contributed by atoms with van der Waals surface area (Å²) in [6.45, 7) is 5.22. The van der Waals surface area contributed by atoms with E-state index < -0.39 is 6.04 Å². The predicted molar refractivity (Wildman–Crippen MR) is 158 cm³/mol. The maximum Gasteiger partial charge on any atom is 0.253 e. The average Bonchev–Trinajstić information content (AvgIpc) is 3.68. The summed E-state index contributed by atoms with van der Waals surface area (Å²) in [5.41, 5.74) is 5.65. The van der Waals surface area contributed by atoms with Crippen LogP contribution in [0.25, 0.3) is 10.9 Å². The fraction of sp³-hybridized carbons (Fsp3) is 0.344. The average molecular weight is 550 g/mol. The quantitative estimate of drug-likeness (QED) is 0.261. The maximum atomic E-state index is 13.9. The third-order valence-corrected chi connectivity index (χ3v) is 8.07. The predicted octanol–water partition coefficient (Wildman–Crippen LogP) is 5.44. The highest BCUT2D eigenvalue weighted by Gasteiger charge is 2.33. The van der Waals surface area contributed by atoms with Gasteiger partial charge < -0.3 is 9.72 Å². The van der Waals surface area contributed by atoms with Crippen LogP contribution in [-0.4, -0.2) is 42.2 Å². The molecule has 2 aromatic carbocycles. The number of methoxy groups -OCH3 is 1.